The van der Waals surface area contributed by atoms with Crippen LogP contribution in [-0.4, -0.2) is 32.3 Å². The molecule has 2 nitrogen and oxygen atoms in total. The third-order valence-electron chi connectivity index (χ3n) is 0.566. The van der Waals surface area contributed by atoms with Crippen LogP contribution in [0.4, 0.5) is 0 Å². The molecule has 0 unspecified atom stereocenters. The van der Waals surface area contributed by atoms with Crippen LogP contribution in [0.25, 0.3) is 5.43 Å². The topological polar surface area (TPSA) is 14.1 Å². The Morgan fingerprint density at radius 2 is 1.71 bits per heavy atom. The fourth-order valence-electron chi connectivity index (χ4n) is 0.424. The maximum atomic E-state index is 4.19. The molecule has 0 bridgehead atoms. The van der Waals surface area contributed by atoms with Gasteiger partial charge in [0.15, 0.2) is 0 Å². The van der Waals surface area contributed by atoms with E-state index in [2.05, 4.69) is 5.43 Å². The molecular formula is C5H14N2. The summed E-state index contributed by atoms with van der Waals surface area (Å²) < 4.78 is 0.719. The van der Waals surface area contributed by atoms with E-state index in [4.69, 9.17) is 0 Å². The Hall–Kier alpha value is -0.0800. The molecule has 0 amide bonds. The van der Waals surface area contributed by atoms with Gasteiger partial charge in [0.25, 0.3) is 0 Å². The Balaban J connectivity index is 3.15. The lowest BCUT2D eigenvalue weighted by Gasteiger charge is -2.37. The van der Waals surface area contributed by atoms with E-state index in [1.165, 1.54) is 0 Å². The minimum atomic E-state index is 0.719. The van der Waals surface area contributed by atoms with Crippen molar-refractivity contribution in [3.05, 3.63) is 5.43 Å². The molecule has 0 saturated carbocycles. The molecule has 2 heteroatoms. The van der Waals surface area contributed by atoms with Gasteiger partial charge in [-0.1, -0.05) is 6.92 Å². The summed E-state index contributed by atoms with van der Waals surface area (Å²) in [6, 6.07) is 0. The van der Waals surface area contributed by atoms with Crippen LogP contribution in [0.15, 0.2) is 0 Å². The predicted molar refractivity (Wildman–Crippen MR) is 31.9 cm³/mol. The summed E-state index contributed by atoms with van der Waals surface area (Å²) in [4.78, 5) is 0. The maximum absolute atomic E-state index is 4.19. The molecule has 0 aromatic heterocycles. The summed E-state index contributed by atoms with van der Waals surface area (Å²) in [5, 5.41) is 0. The molecule has 0 aliphatic rings. The highest BCUT2D eigenvalue weighted by molar-refractivity contribution is 4.53. The fourth-order valence-corrected chi connectivity index (χ4v) is 0.424. The lowest BCUT2D eigenvalue weighted by Crippen LogP contribution is -2.28. The Labute approximate surface area is 45.7 Å². The smallest absolute Gasteiger partial charge is 0.0588 e. The highest BCUT2D eigenvalue weighted by atomic mass is 15.6. The quantitative estimate of drug-likeness (QED) is 0.365. The fraction of sp³-hybridized carbons (Fsp3) is 1.00. The second kappa shape index (κ2) is 2.28. The van der Waals surface area contributed by atoms with E-state index >= 15 is 0 Å². The molecule has 0 radical (unpaired) electrons. The molecule has 0 saturated heterocycles. The second-order valence-corrected chi connectivity index (χ2v) is 2.40. The maximum Gasteiger partial charge on any atom is 0.0588 e. The van der Waals surface area contributed by atoms with E-state index in [9.17, 15) is 0 Å². The van der Waals surface area contributed by atoms with Gasteiger partial charge in [0.1, 0.15) is 0 Å². The van der Waals surface area contributed by atoms with Crippen molar-refractivity contribution in [2.75, 3.05) is 27.7 Å². The molecule has 0 aliphatic heterocycles. The van der Waals surface area contributed by atoms with Gasteiger partial charge in [-0.25, -0.2) is 0 Å². The number of rotatable bonds is 2. The summed E-state index contributed by atoms with van der Waals surface area (Å²) in [7, 11) is 6.14. The third kappa shape index (κ3) is 5.92. The molecule has 0 spiro atoms. The Morgan fingerprint density at radius 1 is 1.29 bits per heavy atom. The van der Waals surface area contributed by atoms with Crippen LogP contribution in [0.1, 0.15) is 6.92 Å². The standard InChI is InChI=1S/C5H14N2/c1-5-6-7(2,3)4/h5H2,1-4H3. The first-order valence-corrected chi connectivity index (χ1v) is 2.56. The monoisotopic (exact) mass is 102 g/mol. The normalized spacial score (nSPS) is 12.0. The van der Waals surface area contributed by atoms with Crippen LogP contribution in [0.5, 0.6) is 0 Å². The molecule has 0 N–H and O–H groups in total. The predicted octanol–water partition coefficient (Wildman–Crippen LogP) is 1.00. The zero-order valence-electron chi connectivity index (χ0n) is 5.60. The third-order valence-corrected chi connectivity index (χ3v) is 0.566. The van der Waals surface area contributed by atoms with Crippen LogP contribution in [0.3, 0.4) is 0 Å². The van der Waals surface area contributed by atoms with Crippen LogP contribution < -0.4 is 0 Å². The molecule has 0 aliphatic carbocycles. The zero-order chi connectivity index (χ0) is 5.91. The average molecular weight is 102 g/mol. The lowest BCUT2D eigenvalue weighted by molar-refractivity contribution is -0.833. The van der Waals surface area contributed by atoms with Gasteiger partial charge in [-0.15, -0.1) is 6.54 Å². The zero-order valence-corrected chi connectivity index (χ0v) is 5.60. The van der Waals surface area contributed by atoms with Crippen molar-refractivity contribution in [3.8, 4) is 0 Å². The minimum absolute atomic E-state index is 0.719. The highest BCUT2D eigenvalue weighted by Gasteiger charge is 1.87. The Bertz CT molecular complexity index is 44.5. The second-order valence-electron chi connectivity index (χ2n) is 2.40. The van der Waals surface area contributed by atoms with Crippen molar-refractivity contribution in [1.29, 1.82) is 0 Å². The minimum Gasteiger partial charge on any atom is -0.454 e. The number of hydrogen-bond acceptors (Lipinski definition) is 0. The summed E-state index contributed by atoms with van der Waals surface area (Å²) in [5.74, 6) is 0. The molecule has 44 valence electrons. The van der Waals surface area contributed by atoms with E-state index in [-0.39, 0.29) is 0 Å². The molecule has 0 atom stereocenters. The molecule has 0 fully saturated rings. The number of quaternary nitrogens is 1. The Morgan fingerprint density at radius 3 is 1.71 bits per heavy atom. The van der Waals surface area contributed by atoms with Gasteiger partial charge >= 0.3 is 0 Å². The van der Waals surface area contributed by atoms with E-state index in [0.717, 1.165) is 11.1 Å². The number of hydrogen-bond donors (Lipinski definition) is 0. The number of nitrogens with zero attached hydrogens (tertiary/aromatic N) is 2. The SMILES string of the molecule is CC[N-][N+](C)(C)C. The van der Waals surface area contributed by atoms with Crippen LogP contribution in [0, 0.1) is 0 Å². The Kier molecular flexibility index (Phi) is 2.26. The van der Waals surface area contributed by atoms with Crippen molar-refractivity contribution in [2.45, 2.75) is 6.92 Å². The van der Waals surface area contributed by atoms with E-state index in [1.54, 1.807) is 0 Å². The van der Waals surface area contributed by atoms with Gasteiger partial charge in [-0.2, -0.15) is 0 Å². The summed E-state index contributed by atoms with van der Waals surface area (Å²) >= 11 is 0. The first-order chi connectivity index (χ1) is 3.06. The molecule has 0 heterocycles. The van der Waals surface area contributed by atoms with Crippen LogP contribution in [0.2, 0.25) is 0 Å². The molecular weight excluding hydrogens is 88.1 g/mol. The largest absolute Gasteiger partial charge is 0.454 e. The van der Waals surface area contributed by atoms with Gasteiger partial charge in [0.2, 0.25) is 0 Å². The van der Waals surface area contributed by atoms with E-state index < -0.39 is 0 Å². The molecule has 0 aromatic carbocycles. The van der Waals surface area contributed by atoms with Crippen molar-refractivity contribution in [3.63, 3.8) is 0 Å². The molecule has 7 heavy (non-hydrogen) atoms. The first kappa shape index (κ1) is 6.92. The lowest BCUT2D eigenvalue weighted by atomic mass is 10.7. The van der Waals surface area contributed by atoms with Gasteiger partial charge < -0.3 is 10.0 Å². The molecule has 0 aromatic rings. The summed E-state index contributed by atoms with van der Waals surface area (Å²) in [6.45, 7) is 2.95. The average Bonchev–Trinajstić information content (AvgIpc) is 1.30. The van der Waals surface area contributed by atoms with Gasteiger partial charge in [0, 0.05) is 0 Å². The van der Waals surface area contributed by atoms with Crippen molar-refractivity contribution >= 4 is 0 Å². The highest BCUT2D eigenvalue weighted by Crippen LogP contribution is 1.98. The van der Waals surface area contributed by atoms with E-state index in [1.807, 2.05) is 28.1 Å². The van der Waals surface area contributed by atoms with E-state index in [0.29, 0.717) is 0 Å². The first-order valence-electron chi connectivity index (χ1n) is 2.56. The van der Waals surface area contributed by atoms with Crippen molar-refractivity contribution in [2.24, 2.45) is 0 Å². The summed E-state index contributed by atoms with van der Waals surface area (Å²) in [6.07, 6.45) is 0. The van der Waals surface area contributed by atoms with Crippen LogP contribution >= 0.6 is 0 Å². The van der Waals surface area contributed by atoms with Gasteiger partial charge in [-0.05, 0) is 0 Å². The van der Waals surface area contributed by atoms with Gasteiger partial charge in [-0.3, -0.25) is 0 Å². The van der Waals surface area contributed by atoms with Gasteiger partial charge in [0.05, 0.1) is 21.1 Å². The van der Waals surface area contributed by atoms with Crippen molar-refractivity contribution in [1.82, 2.24) is 0 Å². The van der Waals surface area contributed by atoms with Crippen LogP contribution in [-0.2, 0) is 0 Å². The van der Waals surface area contributed by atoms with Crippen molar-refractivity contribution < 1.29 is 4.59 Å². The summed E-state index contributed by atoms with van der Waals surface area (Å²) in [5.41, 5.74) is 4.19. The molecule has 0 rings (SSSR count).